The van der Waals surface area contributed by atoms with Crippen LogP contribution in [-0.2, 0) is 16.3 Å². The second-order valence-corrected chi connectivity index (χ2v) is 10.5. The van der Waals surface area contributed by atoms with E-state index in [1.165, 1.54) is 36.0 Å². The number of aryl methyl sites for hydroxylation is 1. The fourth-order valence-electron chi connectivity index (χ4n) is 2.98. The van der Waals surface area contributed by atoms with Crippen molar-refractivity contribution in [1.29, 1.82) is 0 Å². The molecule has 35 heavy (non-hydrogen) atoms. The molecule has 3 aromatic carbocycles. The molecule has 0 unspecified atom stereocenters. The molecule has 1 amide bonds. The first-order valence-corrected chi connectivity index (χ1v) is 12.8. The van der Waals surface area contributed by atoms with Gasteiger partial charge in [0.05, 0.1) is 5.69 Å². The summed E-state index contributed by atoms with van der Waals surface area (Å²) >= 11 is 1.47. The summed E-state index contributed by atoms with van der Waals surface area (Å²) < 4.78 is 78.0. The van der Waals surface area contributed by atoms with E-state index in [-0.39, 0.29) is 11.3 Å². The number of rotatable bonds is 8. The first-order valence-electron chi connectivity index (χ1n) is 9.93. The molecule has 0 heterocycles. The van der Waals surface area contributed by atoms with Crippen molar-refractivity contribution in [3.8, 4) is 11.5 Å². The van der Waals surface area contributed by atoms with Gasteiger partial charge in [-0.3, -0.25) is 4.79 Å². The second kappa shape index (κ2) is 10.6. The molecule has 6 nitrogen and oxygen atoms in total. The zero-order chi connectivity index (χ0) is 25.8. The first kappa shape index (κ1) is 26.4. The highest BCUT2D eigenvalue weighted by Gasteiger charge is 2.30. The lowest BCUT2D eigenvalue weighted by atomic mass is 10.2. The molecule has 3 aromatic rings. The number of phenols is 1. The highest BCUT2D eigenvalue weighted by atomic mass is 32.2. The van der Waals surface area contributed by atoms with Gasteiger partial charge >= 0.3 is 6.36 Å². The molecule has 0 fully saturated rings. The van der Waals surface area contributed by atoms with E-state index < -0.39 is 44.3 Å². The van der Waals surface area contributed by atoms with E-state index in [1.807, 2.05) is 0 Å². The molecular formula is C23H19F4NO5S2. The fraction of sp³-hybridized carbons (Fsp3) is 0.174. The summed E-state index contributed by atoms with van der Waals surface area (Å²) in [4.78, 5) is 12.8. The molecule has 0 spiro atoms. The highest BCUT2D eigenvalue weighted by Crippen LogP contribution is 2.29. The van der Waals surface area contributed by atoms with Crippen LogP contribution < -0.4 is 10.1 Å². The number of hydrogen-bond donors (Lipinski definition) is 2. The molecule has 0 saturated heterocycles. The maximum atomic E-state index is 14.1. The van der Waals surface area contributed by atoms with Crippen molar-refractivity contribution < 1.29 is 40.6 Å². The number of halogens is 4. The minimum atomic E-state index is -4.74. The van der Waals surface area contributed by atoms with Gasteiger partial charge in [0, 0.05) is 28.5 Å². The van der Waals surface area contributed by atoms with Crippen LogP contribution in [0.15, 0.2) is 70.5 Å². The summed E-state index contributed by atoms with van der Waals surface area (Å²) in [7, 11) is -3.84. The van der Waals surface area contributed by atoms with Crippen LogP contribution in [0.5, 0.6) is 11.5 Å². The van der Waals surface area contributed by atoms with Gasteiger partial charge in [-0.1, -0.05) is 12.1 Å². The van der Waals surface area contributed by atoms with Crippen LogP contribution in [0.2, 0.25) is 0 Å². The lowest BCUT2D eigenvalue weighted by molar-refractivity contribution is -0.274. The number of carbonyl (C=O) groups is 1. The Morgan fingerprint density at radius 1 is 1.06 bits per heavy atom. The lowest BCUT2D eigenvalue weighted by Crippen LogP contribution is -2.17. The Kier molecular flexibility index (Phi) is 7.96. The normalized spacial score (nSPS) is 11.8. The summed E-state index contributed by atoms with van der Waals surface area (Å²) in [5.74, 6) is -2.09. The Balaban J connectivity index is 1.57. The minimum Gasteiger partial charge on any atom is -0.506 e. The molecule has 0 saturated carbocycles. The summed E-state index contributed by atoms with van der Waals surface area (Å²) in [6, 6.07) is 13.4. The number of sulfone groups is 1. The van der Waals surface area contributed by atoms with Crippen molar-refractivity contribution in [2.24, 2.45) is 0 Å². The number of amides is 1. The molecule has 2 N–H and O–H groups in total. The number of alkyl halides is 3. The average Bonchev–Trinajstić information content (AvgIpc) is 2.75. The predicted octanol–water partition coefficient (Wildman–Crippen LogP) is 5.42. The smallest absolute Gasteiger partial charge is 0.506 e. The third-order valence-electron chi connectivity index (χ3n) is 4.63. The van der Waals surface area contributed by atoms with E-state index in [0.29, 0.717) is 18.2 Å². The molecule has 12 heteroatoms. The minimum absolute atomic E-state index is 0.197. The van der Waals surface area contributed by atoms with Gasteiger partial charge in [0.15, 0.2) is 9.84 Å². The summed E-state index contributed by atoms with van der Waals surface area (Å²) in [5.41, 5.74) is 0.633. The van der Waals surface area contributed by atoms with Crippen molar-refractivity contribution in [2.45, 2.75) is 22.6 Å². The van der Waals surface area contributed by atoms with Crippen LogP contribution in [-0.4, -0.2) is 37.8 Å². The molecule has 0 radical (unpaired) electrons. The fourth-order valence-corrected chi connectivity index (χ4v) is 4.65. The van der Waals surface area contributed by atoms with E-state index in [4.69, 9.17) is 0 Å². The van der Waals surface area contributed by atoms with Gasteiger partial charge in [0.1, 0.15) is 22.2 Å². The Morgan fingerprint density at radius 3 is 2.26 bits per heavy atom. The maximum absolute atomic E-state index is 14.1. The van der Waals surface area contributed by atoms with Gasteiger partial charge in [-0.2, -0.15) is 0 Å². The lowest BCUT2D eigenvalue weighted by Gasteiger charge is -2.10. The number of aromatic hydroxyl groups is 1. The van der Waals surface area contributed by atoms with Crippen molar-refractivity contribution in [1.82, 2.24) is 0 Å². The van der Waals surface area contributed by atoms with Crippen LogP contribution in [0, 0.1) is 5.82 Å². The Hall–Kier alpha value is -3.25. The van der Waals surface area contributed by atoms with Crippen LogP contribution in [0.3, 0.4) is 0 Å². The molecule has 0 bridgehead atoms. The van der Waals surface area contributed by atoms with Crippen molar-refractivity contribution in [3.05, 3.63) is 77.6 Å². The zero-order valence-electron chi connectivity index (χ0n) is 18.1. The van der Waals surface area contributed by atoms with Crippen LogP contribution in [0.25, 0.3) is 0 Å². The van der Waals surface area contributed by atoms with E-state index in [9.17, 15) is 35.9 Å². The van der Waals surface area contributed by atoms with Crippen molar-refractivity contribution in [2.75, 3.05) is 17.3 Å². The topological polar surface area (TPSA) is 92.7 Å². The van der Waals surface area contributed by atoms with Crippen LogP contribution in [0.4, 0.5) is 23.2 Å². The van der Waals surface area contributed by atoms with Gasteiger partial charge in [-0.15, -0.1) is 24.9 Å². The van der Waals surface area contributed by atoms with Crippen LogP contribution in [0.1, 0.15) is 15.9 Å². The van der Waals surface area contributed by atoms with Crippen molar-refractivity contribution in [3.63, 3.8) is 0 Å². The maximum Gasteiger partial charge on any atom is 0.573 e. The van der Waals surface area contributed by atoms with Crippen LogP contribution >= 0.6 is 11.8 Å². The number of carbonyl (C=O) groups excluding carboxylic acids is 1. The van der Waals surface area contributed by atoms with Gasteiger partial charge < -0.3 is 15.2 Å². The number of thioether (sulfide) groups is 1. The number of phenolic OH excluding ortho intramolecular Hbond substituents is 1. The third kappa shape index (κ3) is 7.62. The standard InChI is InChI=1S/C23H19F4NO5S2/c1-35(31,32)21-13-19(18(24)12-20(21)29)28-22(30)15-4-8-17(9-5-15)34-11-10-14-2-6-16(7-3-14)33-23(25,26)27/h2-9,12-13,29H,10-11H2,1H3,(H,28,30). The van der Waals surface area contributed by atoms with E-state index in [1.54, 1.807) is 24.3 Å². The molecule has 0 aliphatic heterocycles. The van der Waals surface area contributed by atoms with Gasteiger partial charge in [-0.05, 0) is 54.4 Å². The van der Waals surface area contributed by atoms with E-state index >= 15 is 0 Å². The van der Waals surface area contributed by atoms with Gasteiger partial charge in [0.25, 0.3) is 5.91 Å². The second-order valence-electron chi connectivity index (χ2n) is 7.34. The molecule has 186 valence electrons. The number of benzene rings is 3. The molecule has 0 aromatic heterocycles. The quantitative estimate of drug-likeness (QED) is 0.175. The average molecular weight is 530 g/mol. The zero-order valence-corrected chi connectivity index (χ0v) is 19.7. The van der Waals surface area contributed by atoms with E-state index in [2.05, 4.69) is 10.1 Å². The molecule has 0 aliphatic carbocycles. The Labute approximate surface area is 202 Å². The monoisotopic (exact) mass is 529 g/mol. The molecular weight excluding hydrogens is 510 g/mol. The Morgan fingerprint density at radius 2 is 1.69 bits per heavy atom. The number of anilines is 1. The van der Waals surface area contributed by atoms with Crippen molar-refractivity contribution >= 4 is 33.2 Å². The van der Waals surface area contributed by atoms with Gasteiger partial charge in [0.2, 0.25) is 0 Å². The number of nitrogens with one attached hydrogen (secondary N) is 1. The largest absolute Gasteiger partial charge is 0.573 e. The summed E-state index contributed by atoms with van der Waals surface area (Å²) in [6.07, 6.45) is -3.31. The Bertz CT molecular complexity index is 1310. The predicted molar refractivity (Wildman–Crippen MR) is 123 cm³/mol. The molecule has 0 aliphatic rings. The van der Waals surface area contributed by atoms with E-state index in [0.717, 1.165) is 22.8 Å². The number of ether oxygens (including phenoxy) is 1. The third-order valence-corrected chi connectivity index (χ3v) is 6.77. The highest BCUT2D eigenvalue weighted by molar-refractivity contribution is 7.99. The summed E-state index contributed by atoms with van der Waals surface area (Å²) in [6.45, 7) is 0. The molecule has 3 rings (SSSR count). The summed E-state index contributed by atoms with van der Waals surface area (Å²) in [5, 5.41) is 11.9. The first-order chi connectivity index (χ1) is 16.3. The molecule has 0 atom stereocenters. The SMILES string of the molecule is CS(=O)(=O)c1cc(NC(=O)c2ccc(SCCc3ccc(OC(F)(F)F)cc3)cc2)c(F)cc1O. The number of hydrogen-bond acceptors (Lipinski definition) is 6. The van der Waals surface area contributed by atoms with Gasteiger partial charge in [-0.25, -0.2) is 12.8 Å².